The van der Waals surface area contributed by atoms with E-state index in [2.05, 4.69) is 6.92 Å². The first-order valence-electron chi connectivity index (χ1n) is 3.17. The molecule has 0 aromatic rings. The van der Waals surface area contributed by atoms with Crippen LogP contribution in [-0.4, -0.2) is 31.6 Å². The zero-order valence-electron chi connectivity index (χ0n) is 6.66. The van der Waals surface area contributed by atoms with Gasteiger partial charge in [0.1, 0.15) is 0 Å². The average molecular weight is 164 g/mol. The van der Waals surface area contributed by atoms with E-state index in [4.69, 9.17) is 0 Å². The number of rotatable bonds is 3. The van der Waals surface area contributed by atoms with Crippen LogP contribution in [0.3, 0.4) is 0 Å². The van der Waals surface area contributed by atoms with Crippen LogP contribution in [0.2, 0.25) is 0 Å². The Kier molecular flexibility index (Phi) is 3.31. The minimum Gasteiger partial charge on any atom is -0.212 e. The molecular weight excluding hydrogens is 150 g/mol. The Morgan fingerprint density at radius 2 is 1.90 bits per heavy atom. The average Bonchev–Trinajstić information content (AvgIpc) is 1.86. The van der Waals surface area contributed by atoms with Gasteiger partial charge in [-0.05, 0) is 20.8 Å². The monoisotopic (exact) mass is 164 g/mol. The fourth-order valence-corrected chi connectivity index (χ4v) is 1.46. The second-order valence-corrected chi connectivity index (χ2v) is 5.01. The fraction of sp³-hybridized carbons (Fsp3) is 0.833. The molecule has 0 atom stereocenters. The van der Waals surface area contributed by atoms with Gasteiger partial charge in [0.15, 0.2) is 0 Å². The first-order chi connectivity index (χ1) is 4.42. The molecule has 0 amide bonds. The molecule has 10 heavy (non-hydrogen) atoms. The molecule has 0 rings (SSSR count). The fourth-order valence-electron chi connectivity index (χ4n) is 0.487. The van der Waals surface area contributed by atoms with Crippen LogP contribution >= 0.6 is 0 Å². The van der Waals surface area contributed by atoms with Crippen LogP contribution in [0.5, 0.6) is 0 Å². The van der Waals surface area contributed by atoms with E-state index in [1.54, 1.807) is 13.8 Å². The summed E-state index contributed by atoms with van der Waals surface area (Å²) in [6, 6.07) is 0. The summed E-state index contributed by atoms with van der Waals surface area (Å²) >= 11 is 0. The van der Waals surface area contributed by atoms with E-state index < -0.39 is 10.0 Å². The smallest absolute Gasteiger partial charge is 0.212 e. The summed E-state index contributed by atoms with van der Waals surface area (Å²) < 4.78 is 23.5. The van der Waals surface area contributed by atoms with Gasteiger partial charge in [-0.1, -0.05) is 0 Å². The van der Waals surface area contributed by atoms with E-state index in [1.165, 1.54) is 11.4 Å². The van der Waals surface area contributed by atoms with Gasteiger partial charge in [-0.2, -0.15) is 0 Å². The van der Waals surface area contributed by atoms with Gasteiger partial charge in [0.2, 0.25) is 10.0 Å². The molecule has 4 heteroatoms. The molecule has 61 valence electrons. The first kappa shape index (κ1) is 9.91. The van der Waals surface area contributed by atoms with Crippen LogP contribution in [0.15, 0.2) is 0 Å². The Balaban J connectivity index is 4.42. The van der Waals surface area contributed by atoms with Crippen molar-refractivity contribution < 1.29 is 8.42 Å². The summed E-state index contributed by atoms with van der Waals surface area (Å²) in [5, 5.41) is -0.348. The van der Waals surface area contributed by atoms with E-state index in [1.807, 2.05) is 0 Å². The van der Waals surface area contributed by atoms with Gasteiger partial charge in [-0.15, -0.1) is 0 Å². The van der Waals surface area contributed by atoms with Crippen LogP contribution in [0.4, 0.5) is 0 Å². The predicted octanol–water partition coefficient (Wildman–Crippen LogP) is 0.490. The molecule has 1 radical (unpaired) electrons. The molecule has 0 aromatic carbocycles. The van der Waals surface area contributed by atoms with Crippen molar-refractivity contribution in [2.45, 2.75) is 19.1 Å². The van der Waals surface area contributed by atoms with Crippen molar-refractivity contribution in [1.29, 1.82) is 0 Å². The minimum absolute atomic E-state index is 0.292. The maximum absolute atomic E-state index is 11.1. The second kappa shape index (κ2) is 3.34. The van der Waals surface area contributed by atoms with Crippen molar-refractivity contribution in [2.75, 3.05) is 13.6 Å². The Bertz CT molecular complexity index is 184. The molecule has 0 spiro atoms. The predicted molar refractivity (Wildman–Crippen MR) is 42.0 cm³/mol. The SMILES string of the molecule is [CH2]CN(C)S(=O)(=O)C(C)C. The highest BCUT2D eigenvalue weighted by Crippen LogP contribution is 2.03. The van der Waals surface area contributed by atoms with Crippen molar-refractivity contribution in [3.63, 3.8) is 0 Å². The van der Waals surface area contributed by atoms with E-state index in [9.17, 15) is 8.42 Å². The molecule has 0 aliphatic heterocycles. The molecule has 0 aliphatic rings. The topological polar surface area (TPSA) is 37.4 Å². The van der Waals surface area contributed by atoms with Crippen LogP contribution in [0.1, 0.15) is 13.8 Å². The summed E-state index contributed by atoms with van der Waals surface area (Å²) in [7, 11) is -1.53. The molecular formula is C6H14NO2S. The number of nitrogens with zero attached hydrogens (tertiary/aromatic N) is 1. The lowest BCUT2D eigenvalue weighted by atomic mass is 10.6. The largest absolute Gasteiger partial charge is 0.216 e. The minimum atomic E-state index is -3.06. The van der Waals surface area contributed by atoms with Crippen LogP contribution in [-0.2, 0) is 10.0 Å². The van der Waals surface area contributed by atoms with Gasteiger partial charge in [-0.3, -0.25) is 0 Å². The molecule has 0 aliphatic carbocycles. The van der Waals surface area contributed by atoms with Gasteiger partial charge in [0.25, 0.3) is 0 Å². The van der Waals surface area contributed by atoms with E-state index in [0.717, 1.165) is 0 Å². The normalized spacial score (nSPS) is 13.0. The van der Waals surface area contributed by atoms with Crippen LogP contribution in [0, 0.1) is 6.92 Å². The third-order valence-electron chi connectivity index (χ3n) is 1.35. The third-order valence-corrected chi connectivity index (χ3v) is 3.59. The van der Waals surface area contributed by atoms with Gasteiger partial charge < -0.3 is 0 Å². The van der Waals surface area contributed by atoms with Gasteiger partial charge in [0, 0.05) is 13.6 Å². The lowest BCUT2D eigenvalue weighted by Gasteiger charge is -2.16. The summed E-state index contributed by atoms with van der Waals surface area (Å²) in [4.78, 5) is 0. The van der Waals surface area contributed by atoms with Crippen molar-refractivity contribution in [1.82, 2.24) is 4.31 Å². The molecule has 0 aromatic heterocycles. The van der Waals surface area contributed by atoms with E-state index in [-0.39, 0.29) is 5.25 Å². The van der Waals surface area contributed by atoms with Gasteiger partial charge in [-0.25, -0.2) is 12.7 Å². The maximum atomic E-state index is 11.1. The van der Waals surface area contributed by atoms with Crippen LogP contribution < -0.4 is 0 Å². The molecule has 0 bridgehead atoms. The van der Waals surface area contributed by atoms with Gasteiger partial charge in [0.05, 0.1) is 5.25 Å². The Morgan fingerprint density at radius 3 is 2.00 bits per heavy atom. The lowest BCUT2D eigenvalue weighted by molar-refractivity contribution is 0.490. The maximum Gasteiger partial charge on any atom is 0.216 e. The van der Waals surface area contributed by atoms with Crippen molar-refractivity contribution in [2.24, 2.45) is 0 Å². The zero-order valence-corrected chi connectivity index (χ0v) is 7.48. The highest BCUT2D eigenvalue weighted by molar-refractivity contribution is 7.89. The summed E-state index contributed by atoms with van der Waals surface area (Å²) in [6.07, 6.45) is 0. The lowest BCUT2D eigenvalue weighted by Crippen LogP contribution is -2.32. The first-order valence-corrected chi connectivity index (χ1v) is 4.67. The number of hydrogen-bond acceptors (Lipinski definition) is 2. The summed E-state index contributed by atoms with van der Waals surface area (Å²) in [6.45, 7) is 7.08. The Hall–Kier alpha value is -0.0900. The van der Waals surface area contributed by atoms with Gasteiger partial charge >= 0.3 is 0 Å². The van der Waals surface area contributed by atoms with Crippen LogP contribution in [0.25, 0.3) is 0 Å². The molecule has 0 saturated carbocycles. The van der Waals surface area contributed by atoms with E-state index >= 15 is 0 Å². The highest BCUT2D eigenvalue weighted by Gasteiger charge is 2.19. The number of hydrogen-bond donors (Lipinski definition) is 0. The van der Waals surface area contributed by atoms with Crippen molar-refractivity contribution in [3.8, 4) is 0 Å². The Labute approximate surface area is 63.1 Å². The molecule has 0 N–H and O–H groups in total. The van der Waals surface area contributed by atoms with E-state index in [0.29, 0.717) is 6.54 Å². The quantitative estimate of drug-likeness (QED) is 0.609. The standard InChI is InChI=1S/C6H14NO2S/c1-5-7(4)10(8,9)6(2)3/h6H,1,5H2,2-4H3. The molecule has 0 unspecified atom stereocenters. The molecule has 0 fully saturated rings. The van der Waals surface area contributed by atoms with Crippen molar-refractivity contribution in [3.05, 3.63) is 6.92 Å². The summed E-state index contributed by atoms with van der Waals surface area (Å²) in [5.74, 6) is 0. The summed E-state index contributed by atoms with van der Waals surface area (Å²) in [5.41, 5.74) is 0. The molecule has 0 heterocycles. The second-order valence-electron chi connectivity index (χ2n) is 2.42. The highest BCUT2D eigenvalue weighted by atomic mass is 32.2. The number of sulfonamides is 1. The van der Waals surface area contributed by atoms with Crippen molar-refractivity contribution >= 4 is 10.0 Å². The molecule has 0 saturated heterocycles. The Morgan fingerprint density at radius 1 is 1.50 bits per heavy atom. The third kappa shape index (κ3) is 1.95. The zero-order chi connectivity index (χ0) is 8.36. The molecule has 3 nitrogen and oxygen atoms in total.